The molecule has 16 aromatic rings. The van der Waals surface area contributed by atoms with Crippen molar-refractivity contribution in [1.29, 1.82) is 0 Å². The van der Waals surface area contributed by atoms with E-state index in [0.717, 1.165) is 61.5 Å². The molecule has 0 unspecified atom stereocenters. The summed E-state index contributed by atoms with van der Waals surface area (Å²) in [7, 11) is 0. The van der Waals surface area contributed by atoms with Crippen molar-refractivity contribution >= 4 is 75.5 Å². The van der Waals surface area contributed by atoms with Crippen LogP contribution in [0.3, 0.4) is 0 Å². The van der Waals surface area contributed by atoms with E-state index < -0.39 is 0 Å². The molecule has 14 aromatic carbocycles. The topological polar surface area (TPSA) is 17.8 Å². The van der Waals surface area contributed by atoms with Gasteiger partial charge in [0, 0.05) is 28.4 Å². The van der Waals surface area contributed by atoms with Gasteiger partial charge in [0.15, 0.2) is 0 Å². The van der Waals surface area contributed by atoms with Gasteiger partial charge in [0.2, 0.25) is 0 Å². The molecule has 0 fully saturated rings. The minimum Gasteiger partial charge on any atom is -0.317 e. The molecule has 0 saturated carbocycles. The molecule has 0 N–H and O–H groups in total. The Labute approximate surface area is 469 Å². The summed E-state index contributed by atoms with van der Waals surface area (Å²) in [5.74, 6) is 0. The molecule has 0 spiro atoms. The molecule has 2 nitrogen and oxygen atoms in total. The summed E-state index contributed by atoms with van der Waals surface area (Å²) < 4.78 is 2.36. The van der Waals surface area contributed by atoms with Gasteiger partial charge in [-0.05, 0) is 199 Å². The Hall–Kier alpha value is -10.7. The number of benzene rings is 14. The number of pyridine rings is 1. The zero-order valence-corrected chi connectivity index (χ0v) is 44.3. The van der Waals surface area contributed by atoms with Crippen LogP contribution in [0.5, 0.6) is 0 Å². The summed E-state index contributed by atoms with van der Waals surface area (Å²) >= 11 is 0. The average Bonchev–Trinajstić information content (AvgIpc) is 4.01. The number of aromatic nitrogens is 2. The van der Waals surface area contributed by atoms with Gasteiger partial charge in [-0.25, -0.2) is 4.98 Å². The molecule has 2 aromatic heterocycles. The van der Waals surface area contributed by atoms with E-state index in [1.165, 1.54) is 97.8 Å². The third kappa shape index (κ3) is 8.15. The largest absolute Gasteiger partial charge is 0.317 e. The van der Waals surface area contributed by atoms with Gasteiger partial charge < -0.3 is 4.57 Å². The predicted octanol–water partition coefficient (Wildman–Crippen LogP) is 21.6. The summed E-state index contributed by atoms with van der Waals surface area (Å²) in [6.45, 7) is 0. The summed E-state index contributed by atoms with van der Waals surface area (Å²) in [5, 5.41) is 16.0. The lowest BCUT2D eigenvalue weighted by Crippen LogP contribution is -1.95. The quantitative estimate of drug-likeness (QED) is 0.110. The number of hydrogen-bond donors (Lipinski definition) is 0. The van der Waals surface area contributed by atoms with Crippen LogP contribution < -0.4 is 0 Å². The summed E-state index contributed by atoms with van der Waals surface area (Å²) in [5.41, 5.74) is 18.1. The van der Waals surface area contributed by atoms with Gasteiger partial charge in [0.1, 0.15) is 0 Å². The van der Waals surface area contributed by atoms with Crippen molar-refractivity contribution < 1.29 is 0 Å². The maximum Gasteiger partial charge on any atom is 0.0715 e. The van der Waals surface area contributed by atoms with Crippen LogP contribution in [0, 0.1) is 0 Å². The molecule has 0 amide bonds. The van der Waals surface area contributed by atoms with Gasteiger partial charge >= 0.3 is 0 Å². The highest BCUT2D eigenvalue weighted by Gasteiger charge is 2.20. The van der Waals surface area contributed by atoms with E-state index in [0.29, 0.717) is 0 Å². The molecule has 0 radical (unpaired) electrons. The predicted molar refractivity (Wildman–Crippen MR) is 344 cm³/mol. The van der Waals surface area contributed by atoms with Crippen LogP contribution in [0.2, 0.25) is 0 Å². The molecule has 0 aliphatic heterocycles. The van der Waals surface area contributed by atoms with E-state index in [2.05, 4.69) is 308 Å². The second-order valence-corrected chi connectivity index (χ2v) is 21.5. The van der Waals surface area contributed by atoms with E-state index in [1.807, 2.05) is 0 Å². The first-order valence-electron chi connectivity index (χ1n) is 27.9. The van der Waals surface area contributed by atoms with Crippen LogP contribution in [-0.4, -0.2) is 9.55 Å². The summed E-state index contributed by atoms with van der Waals surface area (Å²) in [4.78, 5) is 5.27. The Kier molecular flexibility index (Phi) is 10.9. The Bertz CT molecular complexity index is 5110. The van der Waals surface area contributed by atoms with Gasteiger partial charge in [0.25, 0.3) is 0 Å². The van der Waals surface area contributed by atoms with E-state index in [-0.39, 0.29) is 0 Å². The Balaban J connectivity index is 0.872. The number of nitrogens with zero attached hydrogens (tertiary/aromatic N) is 2. The Morgan fingerprint density at radius 1 is 0.210 bits per heavy atom. The fourth-order valence-corrected chi connectivity index (χ4v) is 12.7. The lowest BCUT2D eigenvalue weighted by atomic mass is 9.85. The van der Waals surface area contributed by atoms with E-state index in [9.17, 15) is 0 Å². The van der Waals surface area contributed by atoms with Crippen molar-refractivity contribution in [1.82, 2.24) is 9.55 Å². The number of hydrogen-bond acceptors (Lipinski definition) is 1. The van der Waals surface area contributed by atoms with E-state index >= 15 is 0 Å². The lowest BCUT2D eigenvalue weighted by Gasteiger charge is -2.19. The molecule has 81 heavy (non-hydrogen) atoms. The van der Waals surface area contributed by atoms with Crippen molar-refractivity contribution in [2.24, 2.45) is 0 Å². The first kappa shape index (κ1) is 46.4. The third-order valence-corrected chi connectivity index (χ3v) is 16.7. The highest BCUT2D eigenvalue weighted by atomic mass is 15.0. The SMILES string of the molecule is c1ccc(-c2cc(-c3cc(-c4ccc5c(ccn5-c5ccc6c(-c7ccc8ccccc8c7)c7ccccc7c(-c7ccc8ccccc8c7)c6c5)c4)cc(-c4ccc5ccc6ccccc6c5c4)c3)cc(-c3ccccc3)n2)cc1. The molecule has 2 heterocycles. The van der Waals surface area contributed by atoms with Crippen molar-refractivity contribution in [3.8, 4) is 83.8 Å². The highest BCUT2D eigenvalue weighted by molar-refractivity contribution is 6.22. The first-order valence-corrected chi connectivity index (χ1v) is 27.9. The van der Waals surface area contributed by atoms with Gasteiger partial charge in [0.05, 0.1) is 16.9 Å². The Morgan fingerprint density at radius 2 is 0.642 bits per heavy atom. The maximum atomic E-state index is 5.27. The molecule has 0 atom stereocenters. The van der Waals surface area contributed by atoms with Crippen LogP contribution in [0.4, 0.5) is 0 Å². The van der Waals surface area contributed by atoms with Gasteiger partial charge in [-0.2, -0.15) is 0 Å². The standard InChI is InChI=1S/C79H50N2/c1-3-18-55(19-4-1)75-48-67(49-76(80-75)56-20-5-2-6-21-56)66-45-64(44-65(46-66)60-32-31-54-30-29-53-17-11-12-24-69(53)73(54)47-60)59-35-38-77-61(41-59)39-40-81(77)68-36-37-72-74(50-68)79(63-34-28-52-16-8-10-23-58(52)43-63)71-26-14-13-25-70(71)78(72)62-33-27-51-15-7-9-22-57(51)42-62/h1-50H. The average molecular weight is 1030 g/mol. The van der Waals surface area contributed by atoms with Crippen LogP contribution in [-0.2, 0) is 0 Å². The van der Waals surface area contributed by atoms with Gasteiger partial charge in [-0.1, -0.05) is 218 Å². The molecular weight excluding hydrogens is 977 g/mol. The number of rotatable bonds is 8. The second kappa shape index (κ2) is 19.1. The zero-order valence-electron chi connectivity index (χ0n) is 44.3. The van der Waals surface area contributed by atoms with Crippen LogP contribution in [0.15, 0.2) is 303 Å². The summed E-state index contributed by atoms with van der Waals surface area (Å²) in [6.07, 6.45) is 2.24. The van der Waals surface area contributed by atoms with E-state index in [4.69, 9.17) is 4.98 Å². The van der Waals surface area contributed by atoms with Crippen molar-refractivity contribution in [3.63, 3.8) is 0 Å². The highest BCUT2D eigenvalue weighted by Crippen LogP contribution is 2.46. The molecule has 0 saturated heterocycles. The molecule has 2 heteroatoms. The maximum absolute atomic E-state index is 5.27. The van der Waals surface area contributed by atoms with E-state index in [1.54, 1.807) is 0 Å². The second-order valence-electron chi connectivity index (χ2n) is 21.5. The third-order valence-electron chi connectivity index (χ3n) is 16.7. The Morgan fingerprint density at radius 3 is 1.27 bits per heavy atom. The normalized spacial score (nSPS) is 11.7. The minimum absolute atomic E-state index is 0.940. The smallest absolute Gasteiger partial charge is 0.0715 e. The van der Waals surface area contributed by atoms with Crippen LogP contribution in [0.25, 0.3) is 159 Å². The fraction of sp³-hybridized carbons (Fsp3) is 0. The first-order chi connectivity index (χ1) is 40.1. The van der Waals surface area contributed by atoms with Gasteiger partial charge in [-0.15, -0.1) is 0 Å². The van der Waals surface area contributed by atoms with Gasteiger partial charge in [-0.3, -0.25) is 0 Å². The van der Waals surface area contributed by atoms with Crippen LogP contribution in [0.1, 0.15) is 0 Å². The fourth-order valence-electron chi connectivity index (χ4n) is 12.7. The monoisotopic (exact) mass is 1030 g/mol. The molecule has 0 aliphatic rings. The summed E-state index contributed by atoms with van der Waals surface area (Å²) in [6, 6.07) is 109. The molecule has 0 bridgehead atoms. The minimum atomic E-state index is 0.940. The number of fused-ring (bicyclic) bond motifs is 8. The molecule has 0 aliphatic carbocycles. The molecule has 376 valence electrons. The molecule has 16 rings (SSSR count). The van der Waals surface area contributed by atoms with Crippen molar-refractivity contribution in [2.45, 2.75) is 0 Å². The molecular formula is C79H50N2. The zero-order chi connectivity index (χ0) is 53.4. The van der Waals surface area contributed by atoms with Crippen molar-refractivity contribution in [2.75, 3.05) is 0 Å². The van der Waals surface area contributed by atoms with Crippen LogP contribution >= 0.6 is 0 Å². The van der Waals surface area contributed by atoms with Crippen molar-refractivity contribution in [3.05, 3.63) is 303 Å². The lowest BCUT2D eigenvalue weighted by molar-refractivity contribution is 1.13.